The number of alkyl halides is 3. The highest BCUT2D eigenvalue weighted by Crippen LogP contribution is 2.41. The molecule has 2 fully saturated rings. The molecule has 29 heteroatoms. The Morgan fingerprint density at radius 2 is 1.13 bits per heavy atom. The number of anilines is 7. The van der Waals surface area contributed by atoms with Crippen molar-refractivity contribution in [3.8, 4) is 40.0 Å². The summed E-state index contributed by atoms with van der Waals surface area (Å²) in [5.74, 6) is 1.10. The van der Waals surface area contributed by atoms with Gasteiger partial charge in [0.2, 0.25) is 17.8 Å². The van der Waals surface area contributed by atoms with Gasteiger partial charge in [-0.25, -0.2) is 14.0 Å². The van der Waals surface area contributed by atoms with Crippen molar-refractivity contribution in [2.75, 3.05) is 100 Å². The minimum absolute atomic E-state index is 0.251. The van der Waals surface area contributed by atoms with Crippen molar-refractivity contribution in [1.29, 1.82) is 0 Å². The molecule has 8 aromatic rings. The highest BCUT2D eigenvalue weighted by Gasteiger charge is 2.49. The molecule has 0 atom stereocenters. The lowest BCUT2D eigenvalue weighted by atomic mass is 10.0. The van der Waals surface area contributed by atoms with E-state index in [0.29, 0.717) is 69.1 Å². The van der Waals surface area contributed by atoms with Crippen LogP contribution in [0.4, 0.5) is 53.2 Å². The van der Waals surface area contributed by atoms with E-state index in [2.05, 4.69) is 112 Å². The average molecular weight is 1210 g/mol. The summed E-state index contributed by atoms with van der Waals surface area (Å²) in [5, 5.41) is 26.0. The average Bonchev–Trinajstić information content (AvgIpc) is 1.80. The third-order valence-corrected chi connectivity index (χ3v) is 15.7. The van der Waals surface area contributed by atoms with Gasteiger partial charge in [0.25, 0.3) is 0 Å². The molecule has 2 aliphatic heterocycles. The molecule has 0 unspecified atom stereocenters. The van der Waals surface area contributed by atoms with Crippen LogP contribution in [-0.2, 0) is 33.8 Å². The number of fused-ring (bicyclic) bond motifs is 2. The van der Waals surface area contributed by atoms with E-state index in [1.165, 1.54) is 33.7 Å². The fourth-order valence-electron chi connectivity index (χ4n) is 10.1. The van der Waals surface area contributed by atoms with Crippen molar-refractivity contribution in [1.82, 2.24) is 58.6 Å². The van der Waals surface area contributed by atoms with Crippen LogP contribution in [0.1, 0.15) is 36.8 Å². The second kappa shape index (κ2) is 26.4. The van der Waals surface area contributed by atoms with Gasteiger partial charge in [0, 0.05) is 88.0 Å². The minimum Gasteiger partial charge on any atom is -0.495 e. The standard InChI is InChI=1S/C28H35N9O2.C17H26N4O2.C12H10F3N5O3S/c1-7-27(38)31-21-13-22(26(39-6)14-24(21)36-10-8-20(9-11-36)34(3)4)32-28-29-16-25-18(2)12-23(37(25)33-28)19-15-30-35(5)17-19;1-5-17(22)19-14-10-13(18)16(23-4)11-15(14)21-8-6-12(7-9-21)20(2)3;1-7-3-9(8-4-17-19(2)6-8)20-10(7)5-16-11(18-20)23-24(21,22)12(13,14)15/h7,12-17,20H,1,8-11H2,2-6H3,(H,31,38)(H,32,33);5,10-12H,1,6-9,18H2,2-4H3,(H,19,22);3-6H,1-2H3. The first kappa shape index (κ1) is 62.8. The molecule has 2 amide bonds. The van der Waals surface area contributed by atoms with Crippen molar-refractivity contribution in [2.24, 2.45) is 14.1 Å². The molecule has 8 heterocycles. The summed E-state index contributed by atoms with van der Waals surface area (Å²) < 4.78 is 80.8. The van der Waals surface area contributed by atoms with E-state index < -0.39 is 21.6 Å². The van der Waals surface area contributed by atoms with Crippen molar-refractivity contribution >= 4 is 73.0 Å². The Hall–Kier alpha value is -9.22. The van der Waals surface area contributed by atoms with Gasteiger partial charge in [0.05, 0.1) is 95.6 Å². The van der Waals surface area contributed by atoms with Crippen LogP contribution in [0.2, 0.25) is 0 Å². The summed E-state index contributed by atoms with van der Waals surface area (Å²) in [4.78, 5) is 41.2. The van der Waals surface area contributed by atoms with E-state index in [9.17, 15) is 31.2 Å². The fraction of sp³-hybridized carbons (Fsp3) is 0.368. The van der Waals surface area contributed by atoms with Crippen LogP contribution in [0.25, 0.3) is 33.5 Å². The van der Waals surface area contributed by atoms with Crippen LogP contribution >= 0.6 is 0 Å². The summed E-state index contributed by atoms with van der Waals surface area (Å²) in [6.45, 7) is 14.5. The molecule has 0 bridgehead atoms. The number of ether oxygens (including phenoxy) is 2. The Bertz CT molecular complexity index is 3880. The number of benzene rings is 2. The van der Waals surface area contributed by atoms with Crippen LogP contribution in [0, 0.1) is 13.8 Å². The second-order valence-electron chi connectivity index (χ2n) is 21.0. The lowest BCUT2D eigenvalue weighted by Gasteiger charge is -2.37. The molecule has 2 saturated heterocycles. The number of nitrogen functional groups attached to an aromatic ring is 1. The lowest BCUT2D eigenvalue weighted by molar-refractivity contribution is -0.112. The predicted octanol–water partition coefficient (Wildman–Crippen LogP) is 7.44. The van der Waals surface area contributed by atoms with E-state index in [0.717, 1.165) is 91.1 Å². The van der Waals surface area contributed by atoms with Crippen LogP contribution < -0.4 is 45.1 Å². The molecule has 2 aliphatic rings. The minimum atomic E-state index is -5.84. The predicted molar refractivity (Wildman–Crippen MR) is 325 cm³/mol. The fourth-order valence-corrected chi connectivity index (χ4v) is 10.5. The molecule has 10 rings (SSSR count). The van der Waals surface area contributed by atoms with Gasteiger partial charge >= 0.3 is 21.6 Å². The van der Waals surface area contributed by atoms with Crippen LogP contribution in [0.5, 0.6) is 17.5 Å². The summed E-state index contributed by atoms with van der Waals surface area (Å²) in [7, 11) is 9.43. The molecule has 0 aliphatic carbocycles. The maximum atomic E-state index is 12.4. The number of carbonyl (C=O) groups is 2. The number of piperidine rings is 2. The Balaban J connectivity index is 0.000000177. The topological polar surface area (TPSA) is 267 Å². The zero-order valence-corrected chi connectivity index (χ0v) is 50.4. The van der Waals surface area contributed by atoms with Crippen molar-refractivity contribution in [3.05, 3.63) is 110 Å². The Morgan fingerprint density at radius 3 is 1.56 bits per heavy atom. The van der Waals surface area contributed by atoms with Crippen LogP contribution in [-0.4, -0.2) is 165 Å². The molecule has 86 heavy (non-hydrogen) atoms. The molecule has 5 N–H and O–H groups in total. The maximum Gasteiger partial charge on any atom is 0.534 e. The van der Waals surface area contributed by atoms with Crippen molar-refractivity contribution in [2.45, 2.75) is 57.1 Å². The number of nitrogens with one attached hydrogen (secondary N) is 3. The number of amides is 2. The van der Waals surface area contributed by atoms with Crippen LogP contribution in [0.3, 0.4) is 0 Å². The van der Waals surface area contributed by atoms with E-state index in [1.54, 1.807) is 57.4 Å². The van der Waals surface area contributed by atoms with E-state index >= 15 is 0 Å². The Morgan fingerprint density at radius 1 is 0.674 bits per heavy atom. The SMILES string of the molecule is C=CC(=O)Nc1cc(N)c(OC)cc1N1CCC(N(C)C)CC1.C=CC(=O)Nc1cc(Nc2ncc3c(C)cc(-c4cnn(C)c4)n3n2)c(OC)cc1N1CCC(N(C)C)CC1.Cc1cc(-c2cnn(C)c2)n2nc(OS(=O)(=O)C(F)(F)F)ncc12. The summed E-state index contributed by atoms with van der Waals surface area (Å²) in [6, 6.07) is 11.5. The monoisotopic (exact) mass is 1210 g/mol. The molecule has 0 spiro atoms. The smallest absolute Gasteiger partial charge is 0.495 e. The molecule has 25 nitrogen and oxygen atoms in total. The number of nitrogens with zero attached hydrogens (tertiary/aromatic N) is 14. The molecule has 0 saturated carbocycles. The third kappa shape index (κ3) is 14.3. The number of halogens is 3. The van der Waals surface area contributed by atoms with E-state index in [1.807, 2.05) is 49.1 Å². The molecular formula is C57H71F3N18O7S. The zero-order chi connectivity index (χ0) is 62.4. The van der Waals surface area contributed by atoms with Gasteiger partial charge in [-0.2, -0.15) is 36.8 Å². The maximum absolute atomic E-state index is 12.4. The largest absolute Gasteiger partial charge is 0.534 e. The van der Waals surface area contributed by atoms with Crippen molar-refractivity contribution < 1.29 is 44.8 Å². The highest BCUT2D eigenvalue weighted by molar-refractivity contribution is 7.87. The number of aryl methyl sites for hydroxylation is 4. The van der Waals surface area contributed by atoms with Gasteiger partial charge < -0.3 is 54.9 Å². The van der Waals surface area contributed by atoms with Crippen LogP contribution in [0.15, 0.2) is 98.9 Å². The summed E-state index contributed by atoms with van der Waals surface area (Å²) in [5.41, 5.74) is 11.0. The number of carbonyl (C=O) groups excluding carboxylic acids is 2. The van der Waals surface area contributed by atoms with Gasteiger partial charge in [-0.3, -0.25) is 19.0 Å². The number of hydrogen-bond acceptors (Lipinski definition) is 19. The number of methoxy groups -OCH3 is 2. The van der Waals surface area contributed by atoms with Gasteiger partial charge in [-0.15, -0.1) is 10.2 Å². The first-order valence-electron chi connectivity index (χ1n) is 27.2. The van der Waals surface area contributed by atoms with E-state index in [4.69, 9.17) is 20.3 Å². The first-order chi connectivity index (χ1) is 40.8. The second-order valence-corrected chi connectivity index (χ2v) is 22.5. The van der Waals surface area contributed by atoms with Gasteiger partial charge in [-0.1, -0.05) is 13.2 Å². The number of nitrogens with two attached hydrogens (primary N) is 1. The van der Waals surface area contributed by atoms with Crippen molar-refractivity contribution in [3.63, 3.8) is 0 Å². The summed E-state index contributed by atoms with van der Waals surface area (Å²) >= 11 is 0. The van der Waals surface area contributed by atoms with E-state index in [-0.39, 0.29) is 11.8 Å². The molecule has 458 valence electrons. The molecule has 0 radical (unpaired) electrons. The van der Waals surface area contributed by atoms with Gasteiger partial charge in [0.15, 0.2) is 0 Å². The normalized spacial score (nSPS) is 14.1. The Labute approximate surface area is 495 Å². The quantitative estimate of drug-likeness (QED) is 0.0317. The lowest BCUT2D eigenvalue weighted by Crippen LogP contribution is -2.42. The third-order valence-electron chi connectivity index (χ3n) is 14.8. The van der Waals surface area contributed by atoms with Gasteiger partial charge in [-0.05, 0) is 115 Å². The number of aromatic nitrogens is 10. The van der Waals surface area contributed by atoms with Gasteiger partial charge in [0.1, 0.15) is 11.5 Å². The Kier molecular flexibility index (Phi) is 19.3. The molecule has 6 aromatic heterocycles. The number of rotatable bonds is 16. The number of hydrogen-bond donors (Lipinski definition) is 4. The highest BCUT2D eigenvalue weighted by atomic mass is 32.2. The summed E-state index contributed by atoms with van der Waals surface area (Å²) in [6.07, 6.45) is 16.7. The first-order valence-corrected chi connectivity index (χ1v) is 28.6. The molecule has 2 aromatic carbocycles. The zero-order valence-electron chi connectivity index (χ0n) is 49.5. The molecular weight excluding hydrogens is 1140 g/mol.